The first-order valence-corrected chi connectivity index (χ1v) is 8.64. The molecular weight excluding hydrogens is 248 g/mol. The zero-order chi connectivity index (χ0) is 14.0. The molecule has 3 rings (SSSR count). The summed E-state index contributed by atoms with van der Waals surface area (Å²) in [6.45, 7) is 8.40. The molecular formula is C16H32N4. The molecule has 2 unspecified atom stereocenters. The second-order valence-electron chi connectivity index (χ2n) is 7.08. The smallest absolute Gasteiger partial charge is 0.0496 e. The Morgan fingerprint density at radius 2 is 1.85 bits per heavy atom. The summed E-state index contributed by atoms with van der Waals surface area (Å²) in [4.78, 5) is 7.94. The SMILES string of the molecule is CN(CCN1CCCC1)C1(CN)CCN2CCCCC21. The van der Waals surface area contributed by atoms with E-state index in [9.17, 15) is 0 Å². The van der Waals surface area contributed by atoms with Gasteiger partial charge in [0.25, 0.3) is 0 Å². The lowest BCUT2D eigenvalue weighted by Gasteiger charge is -2.46. The molecule has 0 bridgehead atoms. The maximum absolute atomic E-state index is 6.28. The average molecular weight is 280 g/mol. The summed E-state index contributed by atoms with van der Waals surface area (Å²) in [5, 5.41) is 0. The quantitative estimate of drug-likeness (QED) is 0.814. The minimum atomic E-state index is 0.250. The van der Waals surface area contributed by atoms with Crippen LogP contribution in [0.25, 0.3) is 0 Å². The molecule has 0 aromatic rings. The molecule has 116 valence electrons. The lowest BCUT2D eigenvalue weighted by atomic mass is 9.84. The predicted octanol–water partition coefficient (Wildman–Crippen LogP) is 0.970. The fourth-order valence-corrected chi connectivity index (χ4v) is 4.73. The Kier molecular flexibility index (Phi) is 4.65. The monoisotopic (exact) mass is 280 g/mol. The van der Waals surface area contributed by atoms with Crippen LogP contribution in [0, 0.1) is 0 Å². The van der Waals surface area contributed by atoms with Crippen LogP contribution < -0.4 is 5.73 Å². The predicted molar refractivity (Wildman–Crippen MR) is 83.9 cm³/mol. The average Bonchev–Trinajstić information content (AvgIpc) is 3.13. The third kappa shape index (κ3) is 2.63. The fourth-order valence-electron chi connectivity index (χ4n) is 4.73. The lowest BCUT2D eigenvalue weighted by molar-refractivity contribution is 0.0509. The number of piperidine rings is 1. The van der Waals surface area contributed by atoms with Crippen molar-refractivity contribution in [2.45, 2.75) is 50.1 Å². The Hall–Kier alpha value is -0.160. The molecule has 4 heteroatoms. The van der Waals surface area contributed by atoms with Gasteiger partial charge in [-0.2, -0.15) is 0 Å². The zero-order valence-corrected chi connectivity index (χ0v) is 13.2. The first-order valence-electron chi connectivity index (χ1n) is 8.64. The van der Waals surface area contributed by atoms with Crippen molar-refractivity contribution < 1.29 is 0 Å². The van der Waals surface area contributed by atoms with Crippen molar-refractivity contribution in [2.75, 3.05) is 52.9 Å². The molecule has 3 aliphatic heterocycles. The van der Waals surface area contributed by atoms with Gasteiger partial charge in [0, 0.05) is 37.8 Å². The van der Waals surface area contributed by atoms with Crippen molar-refractivity contribution in [3.8, 4) is 0 Å². The van der Waals surface area contributed by atoms with Gasteiger partial charge < -0.3 is 10.6 Å². The summed E-state index contributed by atoms with van der Waals surface area (Å²) < 4.78 is 0. The molecule has 0 radical (unpaired) electrons. The molecule has 3 saturated heterocycles. The highest BCUT2D eigenvalue weighted by Gasteiger charge is 2.49. The van der Waals surface area contributed by atoms with Gasteiger partial charge in [-0.1, -0.05) is 6.42 Å². The molecule has 0 aromatic heterocycles. The van der Waals surface area contributed by atoms with Gasteiger partial charge in [-0.3, -0.25) is 9.80 Å². The number of nitrogens with zero attached hydrogens (tertiary/aromatic N) is 3. The van der Waals surface area contributed by atoms with E-state index < -0.39 is 0 Å². The van der Waals surface area contributed by atoms with E-state index in [0.29, 0.717) is 6.04 Å². The second kappa shape index (κ2) is 6.30. The standard InChI is InChI=1S/C16H32N4/c1-18(12-13-19-8-4-5-9-19)16(14-17)7-11-20-10-3-2-6-15(16)20/h15H,2-14,17H2,1H3. The highest BCUT2D eigenvalue weighted by atomic mass is 15.3. The van der Waals surface area contributed by atoms with Gasteiger partial charge in [0.05, 0.1) is 0 Å². The molecule has 3 fully saturated rings. The van der Waals surface area contributed by atoms with Crippen LogP contribution in [0.5, 0.6) is 0 Å². The number of nitrogens with two attached hydrogens (primary N) is 1. The Labute approximate surface area is 124 Å². The zero-order valence-electron chi connectivity index (χ0n) is 13.2. The van der Waals surface area contributed by atoms with Crippen LogP contribution in [-0.4, -0.2) is 79.1 Å². The van der Waals surface area contributed by atoms with Gasteiger partial charge in [0.1, 0.15) is 0 Å². The number of rotatable bonds is 5. The maximum Gasteiger partial charge on any atom is 0.0496 e. The third-order valence-electron chi connectivity index (χ3n) is 6.13. The van der Waals surface area contributed by atoms with E-state index in [4.69, 9.17) is 5.73 Å². The first-order chi connectivity index (χ1) is 9.76. The summed E-state index contributed by atoms with van der Waals surface area (Å²) in [6.07, 6.45) is 8.18. The first kappa shape index (κ1) is 14.8. The number of fused-ring (bicyclic) bond motifs is 1. The minimum absolute atomic E-state index is 0.250. The Balaban J connectivity index is 1.61. The molecule has 3 aliphatic rings. The van der Waals surface area contributed by atoms with Crippen LogP contribution in [0.4, 0.5) is 0 Å². The van der Waals surface area contributed by atoms with Crippen molar-refractivity contribution in [3.63, 3.8) is 0 Å². The van der Waals surface area contributed by atoms with Crippen LogP contribution in [0.1, 0.15) is 38.5 Å². The van der Waals surface area contributed by atoms with Gasteiger partial charge in [-0.25, -0.2) is 0 Å². The summed E-state index contributed by atoms with van der Waals surface area (Å²) in [7, 11) is 2.32. The number of likely N-dealkylation sites (N-methyl/N-ethyl adjacent to an activating group) is 1. The minimum Gasteiger partial charge on any atom is -0.329 e. The maximum atomic E-state index is 6.28. The van der Waals surface area contributed by atoms with Gasteiger partial charge in [-0.05, 0) is 58.8 Å². The van der Waals surface area contributed by atoms with Gasteiger partial charge in [0.15, 0.2) is 0 Å². The fraction of sp³-hybridized carbons (Fsp3) is 1.00. The Morgan fingerprint density at radius 3 is 2.60 bits per heavy atom. The van der Waals surface area contributed by atoms with Crippen LogP contribution in [-0.2, 0) is 0 Å². The third-order valence-corrected chi connectivity index (χ3v) is 6.13. The molecule has 3 heterocycles. The van der Waals surface area contributed by atoms with E-state index in [1.54, 1.807) is 0 Å². The molecule has 0 aliphatic carbocycles. The molecule has 0 saturated carbocycles. The number of hydrogen-bond acceptors (Lipinski definition) is 4. The normalized spacial score (nSPS) is 35.9. The highest BCUT2D eigenvalue weighted by Crippen LogP contribution is 2.38. The van der Waals surface area contributed by atoms with Crippen LogP contribution in [0.15, 0.2) is 0 Å². The molecule has 0 spiro atoms. The van der Waals surface area contributed by atoms with Gasteiger partial charge >= 0.3 is 0 Å². The summed E-state index contributed by atoms with van der Waals surface area (Å²) in [6, 6.07) is 0.713. The van der Waals surface area contributed by atoms with E-state index in [0.717, 1.165) is 6.54 Å². The largest absolute Gasteiger partial charge is 0.329 e. The molecule has 0 amide bonds. The topological polar surface area (TPSA) is 35.7 Å². The second-order valence-corrected chi connectivity index (χ2v) is 7.08. The lowest BCUT2D eigenvalue weighted by Crippen LogP contribution is -2.61. The van der Waals surface area contributed by atoms with Crippen LogP contribution >= 0.6 is 0 Å². The number of hydrogen-bond donors (Lipinski definition) is 1. The van der Waals surface area contributed by atoms with Crippen molar-refractivity contribution in [1.82, 2.24) is 14.7 Å². The molecule has 2 atom stereocenters. The molecule has 0 aromatic carbocycles. The van der Waals surface area contributed by atoms with E-state index in [2.05, 4.69) is 21.7 Å². The van der Waals surface area contributed by atoms with Crippen molar-refractivity contribution in [2.24, 2.45) is 5.73 Å². The van der Waals surface area contributed by atoms with Crippen molar-refractivity contribution >= 4 is 0 Å². The van der Waals surface area contributed by atoms with Crippen molar-refractivity contribution in [3.05, 3.63) is 0 Å². The highest BCUT2D eigenvalue weighted by molar-refractivity contribution is 5.08. The summed E-state index contributed by atoms with van der Waals surface area (Å²) in [5.41, 5.74) is 6.53. The van der Waals surface area contributed by atoms with E-state index in [1.807, 2.05) is 0 Å². The van der Waals surface area contributed by atoms with E-state index in [-0.39, 0.29) is 5.54 Å². The van der Waals surface area contributed by atoms with Crippen LogP contribution in [0.2, 0.25) is 0 Å². The van der Waals surface area contributed by atoms with Crippen molar-refractivity contribution in [1.29, 1.82) is 0 Å². The van der Waals surface area contributed by atoms with Gasteiger partial charge in [0.2, 0.25) is 0 Å². The molecule has 2 N–H and O–H groups in total. The molecule has 20 heavy (non-hydrogen) atoms. The molecule has 4 nitrogen and oxygen atoms in total. The van der Waals surface area contributed by atoms with Crippen LogP contribution in [0.3, 0.4) is 0 Å². The van der Waals surface area contributed by atoms with Gasteiger partial charge in [-0.15, -0.1) is 0 Å². The Bertz CT molecular complexity index is 316. The number of likely N-dealkylation sites (tertiary alicyclic amines) is 1. The summed E-state index contributed by atoms with van der Waals surface area (Å²) >= 11 is 0. The Morgan fingerprint density at radius 1 is 1.10 bits per heavy atom. The summed E-state index contributed by atoms with van der Waals surface area (Å²) in [5.74, 6) is 0. The van der Waals surface area contributed by atoms with E-state index in [1.165, 1.54) is 77.8 Å². The van der Waals surface area contributed by atoms with E-state index >= 15 is 0 Å².